The van der Waals surface area contributed by atoms with E-state index in [-0.39, 0.29) is 11.3 Å². The van der Waals surface area contributed by atoms with Gasteiger partial charge in [-0.1, -0.05) is 12.1 Å². The summed E-state index contributed by atoms with van der Waals surface area (Å²) in [5.41, 5.74) is 3.24. The molecule has 0 spiro atoms. The summed E-state index contributed by atoms with van der Waals surface area (Å²) < 4.78 is 12.6. The Morgan fingerprint density at radius 1 is 1.11 bits per heavy atom. The molecule has 1 fully saturated rings. The van der Waals surface area contributed by atoms with Gasteiger partial charge in [0.2, 0.25) is 0 Å². The first-order valence-corrected chi connectivity index (χ1v) is 11.8. The summed E-state index contributed by atoms with van der Waals surface area (Å²) in [4.78, 5) is 34.8. The average Bonchev–Trinajstić information content (AvgIpc) is 3.32. The Morgan fingerprint density at radius 2 is 1.83 bits per heavy atom. The zero-order valence-corrected chi connectivity index (χ0v) is 21.5. The normalized spacial score (nSPS) is 17.4. The average molecular weight is 493 g/mol. The molecular formula is C27H32N4O5. The first-order chi connectivity index (χ1) is 17.2. The third kappa shape index (κ3) is 4.30. The predicted molar refractivity (Wildman–Crippen MR) is 136 cm³/mol. The number of benzene rings is 1. The number of aliphatic hydroxyl groups is 1. The smallest absolute Gasteiger partial charge is 0.295 e. The summed E-state index contributed by atoms with van der Waals surface area (Å²) in [7, 11) is 6.98. The zero-order chi connectivity index (χ0) is 26.1. The van der Waals surface area contributed by atoms with Gasteiger partial charge in [-0.15, -0.1) is 0 Å². The van der Waals surface area contributed by atoms with Gasteiger partial charge in [-0.3, -0.25) is 14.0 Å². The van der Waals surface area contributed by atoms with Crippen LogP contribution in [0.1, 0.15) is 35.0 Å². The van der Waals surface area contributed by atoms with Crippen molar-refractivity contribution in [3.63, 3.8) is 0 Å². The molecule has 4 rings (SSSR count). The number of Topliss-reactive ketones (excluding diaryl/α,β-unsaturated/α-hetero) is 1. The van der Waals surface area contributed by atoms with Crippen molar-refractivity contribution in [3.8, 4) is 11.5 Å². The number of ether oxygens (including phenoxy) is 2. The van der Waals surface area contributed by atoms with Gasteiger partial charge < -0.3 is 24.4 Å². The molecule has 1 aliphatic rings. The van der Waals surface area contributed by atoms with E-state index in [4.69, 9.17) is 9.47 Å². The lowest BCUT2D eigenvalue weighted by molar-refractivity contribution is -0.139. The number of nitrogens with zero attached hydrogens (tertiary/aromatic N) is 4. The Hall–Kier alpha value is -3.85. The van der Waals surface area contributed by atoms with Crippen LogP contribution < -0.4 is 9.47 Å². The van der Waals surface area contributed by atoms with E-state index < -0.39 is 17.7 Å². The lowest BCUT2D eigenvalue weighted by Crippen LogP contribution is -2.32. The number of methoxy groups -OCH3 is 2. The maximum absolute atomic E-state index is 13.4. The molecule has 1 aliphatic heterocycles. The number of aryl methyl sites for hydroxylation is 2. The minimum atomic E-state index is -0.790. The monoisotopic (exact) mass is 492 g/mol. The Kier molecular flexibility index (Phi) is 7.03. The maximum Gasteiger partial charge on any atom is 0.295 e. The van der Waals surface area contributed by atoms with Gasteiger partial charge in [-0.05, 0) is 70.2 Å². The van der Waals surface area contributed by atoms with E-state index >= 15 is 0 Å². The second-order valence-electron chi connectivity index (χ2n) is 9.19. The summed E-state index contributed by atoms with van der Waals surface area (Å²) >= 11 is 0. The highest BCUT2D eigenvalue weighted by Crippen LogP contribution is 2.42. The molecule has 1 atom stereocenters. The summed E-state index contributed by atoms with van der Waals surface area (Å²) in [5.74, 6) is -0.620. The van der Waals surface area contributed by atoms with Gasteiger partial charge in [0.25, 0.3) is 11.7 Å². The van der Waals surface area contributed by atoms with E-state index in [0.29, 0.717) is 47.1 Å². The van der Waals surface area contributed by atoms with Gasteiger partial charge in [0.05, 0.1) is 31.5 Å². The summed E-state index contributed by atoms with van der Waals surface area (Å²) in [5, 5.41) is 11.6. The van der Waals surface area contributed by atoms with Gasteiger partial charge in [-0.25, -0.2) is 4.98 Å². The highest BCUT2D eigenvalue weighted by atomic mass is 16.5. The number of fused-ring (bicyclic) bond motifs is 1. The Morgan fingerprint density at radius 3 is 2.50 bits per heavy atom. The van der Waals surface area contributed by atoms with Crippen molar-refractivity contribution in [1.29, 1.82) is 0 Å². The molecule has 2 aromatic heterocycles. The summed E-state index contributed by atoms with van der Waals surface area (Å²) in [6, 6.07) is 8.26. The van der Waals surface area contributed by atoms with E-state index in [9.17, 15) is 14.7 Å². The molecule has 0 aliphatic carbocycles. The predicted octanol–water partition coefficient (Wildman–Crippen LogP) is 3.34. The van der Waals surface area contributed by atoms with Crippen LogP contribution in [0.4, 0.5) is 0 Å². The molecule has 1 N–H and O–H groups in total. The number of aliphatic hydroxyl groups excluding tert-OH is 1. The summed E-state index contributed by atoms with van der Waals surface area (Å²) in [6.45, 7) is 4.80. The van der Waals surface area contributed by atoms with Crippen molar-refractivity contribution in [2.45, 2.75) is 26.3 Å². The van der Waals surface area contributed by atoms with Crippen LogP contribution in [0, 0.1) is 13.8 Å². The van der Waals surface area contributed by atoms with Crippen LogP contribution in [0.2, 0.25) is 0 Å². The molecule has 9 heteroatoms. The number of likely N-dealkylation sites (tertiary alicyclic amines) is 1. The van der Waals surface area contributed by atoms with Gasteiger partial charge in [0.1, 0.15) is 11.3 Å². The highest BCUT2D eigenvalue weighted by Gasteiger charge is 2.46. The van der Waals surface area contributed by atoms with Gasteiger partial charge in [-0.2, -0.15) is 0 Å². The number of hydrogen-bond acceptors (Lipinski definition) is 7. The lowest BCUT2D eigenvalue weighted by atomic mass is 9.95. The molecule has 3 aromatic rings. The molecule has 0 radical (unpaired) electrons. The molecule has 0 bridgehead atoms. The van der Waals surface area contributed by atoms with Gasteiger partial charge in [0, 0.05) is 12.7 Å². The molecule has 190 valence electrons. The second kappa shape index (κ2) is 10.0. The number of carbonyl (C=O) groups is 2. The Balaban J connectivity index is 1.92. The van der Waals surface area contributed by atoms with Crippen molar-refractivity contribution in [1.82, 2.24) is 19.2 Å². The SMILES string of the molecule is COc1ccc([C@@H]2/C(=C(\O)c3c(C)nc4c(C)cccn34)C(=O)C(=O)N2CCCN(C)C)cc1OC. The zero-order valence-electron chi connectivity index (χ0n) is 21.5. The molecule has 36 heavy (non-hydrogen) atoms. The fourth-order valence-corrected chi connectivity index (χ4v) is 4.77. The number of hydrogen-bond donors (Lipinski definition) is 1. The van der Waals surface area contributed by atoms with E-state index in [2.05, 4.69) is 4.98 Å². The van der Waals surface area contributed by atoms with Crippen molar-refractivity contribution < 1.29 is 24.2 Å². The largest absolute Gasteiger partial charge is 0.505 e. The van der Waals surface area contributed by atoms with Crippen LogP contribution in [-0.2, 0) is 9.59 Å². The van der Waals surface area contributed by atoms with Crippen LogP contribution in [0.25, 0.3) is 11.4 Å². The number of pyridine rings is 1. The quantitative estimate of drug-likeness (QED) is 0.293. The van der Waals surface area contributed by atoms with Crippen molar-refractivity contribution in [2.75, 3.05) is 41.4 Å². The molecule has 0 saturated carbocycles. The fourth-order valence-electron chi connectivity index (χ4n) is 4.77. The molecular weight excluding hydrogens is 460 g/mol. The standard InChI is InChI=1S/C27H32N4O5/c1-16-9-7-13-30-22(17(2)28-26(16)30)24(32)21-23(18-10-11-19(35-5)20(15-18)36-6)31(27(34)25(21)33)14-8-12-29(3)4/h7,9-11,13,15,23,32H,8,12,14H2,1-6H3/b24-21+/t23-/m1/s1. The summed E-state index contributed by atoms with van der Waals surface area (Å²) in [6.07, 6.45) is 2.45. The lowest BCUT2D eigenvalue weighted by Gasteiger charge is -2.26. The minimum Gasteiger partial charge on any atom is -0.505 e. The number of imidazole rings is 1. The molecule has 0 unspecified atom stereocenters. The van der Waals surface area contributed by atoms with E-state index in [1.165, 1.54) is 12.0 Å². The van der Waals surface area contributed by atoms with Crippen LogP contribution >= 0.6 is 0 Å². The number of rotatable bonds is 8. The van der Waals surface area contributed by atoms with Crippen molar-refractivity contribution >= 4 is 23.1 Å². The van der Waals surface area contributed by atoms with E-state index in [1.54, 1.807) is 42.8 Å². The molecule has 3 heterocycles. The first kappa shape index (κ1) is 25.2. The fraction of sp³-hybridized carbons (Fsp3) is 0.370. The van der Waals surface area contributed by atoms with Crippen LogP contribution in [0.15, 0.2) is 42.1 Å². The van der Waals surface area contributed by atoms with Crippen molar-refractivity contribution in [2.24, 2.45) is 0 Å². The molecule has 1 aromatic carbocycles. The second-order valence-corrected chi connectivity index (χ2v) is 9.19. The van der Waals surface area contributed by atoms with E-state index in [1.807, 2.05) is 38.1 Å². The van der Waals surface area contributed by atoms with Crippen LogP contribution in [0.3, 0.4) is 0 Å². The van der Waals surface area contributed by atoms with E-state index in [0.717, 1.165) is 12.1 Å². The topological polar surface area (TPSA) is 96.6 Å². The number of ketones is 1. The van der Waals surface area contributed by atoms with Gasteiger partial charge in [0.15, 0.2) is 17.3 Å². The van der Waals surface area contributed by atoms with Crippen LogP contribution in [-0.4, -0.2) is 77.4 Å². The van der Waals surface area contributed by atoms with Crippen LogP contribution in [0.5, 0.6) is 11.5 Å². The minimum absolute atomic E-state index is 0.0310. The number of amides is 1. The third-order valence-corrected chi connectivity index (χ3v) is 6.51. The first-order valence-electron chi connectivity index (χ1n) is 11.8. The number of aromatic nitrogens is 2. The van der Waals surface area contributed by atoms with Gasteiger partial charge >= 0.3 is 0 Å². The third-order valence-electron chi connectivity index (χ3n) is 6.51. The molecule has 1 amide bonds. The maximum atomic E-state index is 13.4. The number of carbonyl (C=O) groups excluding carboxylic acids is 2. The Labute approximate surface area is 210 Å². The Bertz CT molecular complexity index is 1360. The molecule has 9 nitrogen and oxygen atoms in total. The highest BCUT2D eigenvalue weighted by molar-refractivity contribution is 6.46. The van der Waals surface area contributed by atoms with Crippen molar-refractivity contribution in [3.05, 3.63) is 64.6 Å². The molecule has 1 saturated heterocycles.